The van der Waals surface area contributed by atoms with E-state index in [-0.39, 0.29) is 5.91 Å². The molecule has 4 rings (SSSR count). The van der Waals surface area contributed by atoms with E-state index in [4.69, 9.17) is 11.6 Å². The van der Waals surface area contributed by atoms with Gasteiger partial charge in [0.25, 0.3) is 5.91 Å². The lowest BCUT2D eigenvalue weighted by Gasteiger charge is -2.10. The van der Waals surface area contributed by atoms with Crippen LogP contribution >= 0.6 is 11.6 Å². The Bertz CT molecular complexity index is 1160. The van der Waals surface area contributed by atoms with Gasteiger partial charge in [0.15, 0.2) is 0 Å². The number of carbonyl (C=O) groups excluding carboxylic acids is 1. The highest BCUT2D eigenvalue weighted by atomic mass is 35.5. The molecule has 0 radical (unpaired) electrons. The van der Waals surface area contributed by atoms with Gasteiger partial charge in [0, 0.05) is 21.8 Å². The molecule has 1 N–H and O–H groups in total. The van der Waals surface area contributed by atoms with Crippen LogP contribution in [0.1, 0.15) is 21.5 Å². The highest BCUT2D eigenvalue weighted by molar-refractivity contribution is 6.31. The molecule has 3 aromatic carbocycles. The Balaban J connectivity index is 1.57. The van der Waals surface area contributed by atoms with Crippen molar-refractivity contribution in [2.24, 2.45) is 0 Å². The van der Waals surface area contributed by atoms with Crippen LogP contribution in [0.3, 0.4) is 0 Å². The van der Waals surface area contributed by atoms with Gasteiger partial charge in [-0.1, -0.05) is 52.7 Å². The van der Waals surface area contributed by atoms with Gasteiger partial charge in [-0.15, -0.1) is 5.10 Å². The highest BCUT2D eigenvalue weighted by Gasteiger charge is 2.12. The number of amides is 1. The Hall–Kier alpha value is -3.44. The van der Waals surface area contributed by atoms with Gasteiger partial charge in [0.1, 0.15) is 0 Å². The predicted octanol–water partition coefficient (Wildman–Crippen LogP) is 5.46. The molecule has 0 aliphatic carbocycles. The molecule has 0 unspecified atom stereocenters. The van der Waals surface area contributed by atoms with Crippen LogP contribution in [0.5, 0.6) is 0 Å². The summed E-state index contributed by atoms with van der Waals surface area (Å²) in [5.74, 6) is -0.195. The Kier molecular flexibility index (Phi) is 5.14. The maximum Gasteiger partial charge on any atom is 0.255 e. The summed E-state index contributed by atoms with van der Waals surface area (Å²) in [5.41, 5.74) is 6.02. The Morgan fingerprint density at radius 2 is 1.69 bits per heavy atom. The number of carbonyl (C=O) groups is 1. The van der Waals surface area contributed by atoms with E-state index in [1.54, 1.807) is 29.1 Å². The average molecular weight is 403 g/mol. The van der Waals surface area contributed by atoms with Gasteiger partial charge in [-0.2, -0.15) is 0 Å². The molecule has 0 spiro atoms. The number of hydrogen-bond donors (Lipinski definition) is 1. The normalized spacial score (nSPS) is 10.7. The minimum Gasteiger partial charge on any atom is -0.322 e. The number of benzene rings is 3. The summed E-state index contributed by atoms with van der Waals surface area (Å²) >= 11 is 6.13. The number of anilines is 1. The molecule has 1 heterocycles. The van der Waals surface area contributed by atoms with E-state index in [1.165, 1.54) is 5.56 Å². The van der Waals surface area contributed by atoms with Crippen LogP contribution in [0.4, 0.5) is 5.69 Å². The number of nitrogens with one attached hydrogen (secondary N) is 1. The molecule has 0 aliphatic rings. The summed E-state index contributed by atoms with van der Waals surface area (Å²) in [4.78, 5) is 12.6. The van der Waals surface area contributed by atoms with Crippen LogP contribution in [-0.4, -0.2) is 20.9 Å². The fraction of sp³-hybridized carbons (Fsp3) is 0.0870. The van der Waals surface area contributed by atoms with Gasteiger partial charge < -0.3 is 5.32 Å². The topological polar surface area (TPSA) is 59.8 Å². The van der Waals surface area contributed by atoms with Crippen molar-refractivity contribution in [1.82, 2.24) is 15.0 Å². The van der Waals surface area contributed by atoms with Gasteiger partial charge in [-0.25, -0.2) is 4.68 Å². The van der Waals surface area contributed by atoms with Crippen molar-refractivity contribution >= 4 is 23.2 Å². The lowest BCUT2D eigenvalue weighted by molar-refractivity contribution is 0.102. The van der Waals surface area contributed by atoms with Crippen molar-refractivity contribution < 1.29 is 4.79 Å². The third-order valence-electron chi connectivity index (χ3n) is 4.79. The molecular formula is C23H19ClN4O. The molecule has 0 atom stereocenters. The minimum absolute atomic E-state index is 0.195. The fourth-order valence-electron chi connectivity index (χ4n) is 3.04. The fourth-order valence-corrected chi connectivity index (χ4v) is 3.21. The second-order valence-electron chi connectivity index (χ2n) is 6.81. The molecule has 0 aliphatic heterocycles. The van der Waals surface area contributed by atoms with Crippen molar-refractivity contribution in [3.8, 4) is 16.9 Å². The maximum absolute atomic E-state index is 12.6. The average Bonchev–Trinajstić information content (AvgIpc) is 3.22. The molecule has 1 aromatic heterocycles. The molecule has 1 amide bonds. The summed E-state index contributed by atoms with van der Waals surface area (Å²) in [7, 11) is 0. The standard InChI is InChI=1S/C23H19ClN4O/c1-15-6-8-17(9-7-15)22-14-25-27-28(22)19-12-10-18(11-13-19)23(29)26-21-5-3-4-20(24)16(21)2/h3-14H,1-2H3,(H,26,29). The zero-order valence-corrected chi connectivity index (χ0v) is 16.8. The van der Waals surface area contributed by atoms with E-state index in [0.29, 0.717) is 16.3 Å². The highest BCUT2D eigenvalue weighted by Crippen LogP contribution is 2.24. The number of halogens is 1. The number of hydrogen-bond acceptors (Lipinski definition) is 3. The molecule has 0 fully saturated rings. The zero-order chi connectivity index (χ0) is 20.4. The van der Waals surface area contributed by atoms with Crippen molar-refractivity contribution in [2.45, 2.75) is 13.8 Å². The molecule has 29 heavy (non-hydrogen) atoms. The van der Waals surface area contributed by atoms with Gasteiger partial charge in [0.05, 0.1) is 17.6 Å². The number of rotatable bonds is 4. The van der Waals surface area contributed by atoms with Crippen LogP contribution in [-0.2, 0) is 0 Å². The van der Waals surface area contributed by atoms with Crippen molar-refractivity contribution in [3.63, 3.8) is 0 Å². The molecule has 6 heteroatoms. The second kappa shape index (κ2) is 7.89. The first-order chi connectivity index (χ1) is 14.0. The summed E-state index contributed by atoms with van der Waals surface area (Å²) in [5, 5.41) is 11.8. The SMILES string of the molecule is Cc1ccc(-c2cnnn2-c2ccc(C(=O)Nc3cccc(Cl)c3C)cc2)cc1. The van der Waals surface area contributed by atoms with E-state index >= 15 is 0 Å². The maximum atomic E-state index is 12.6. The van der Waals surface area contributed by atoms with E-state index in [2.05, 4.69) is 27.8 Å². The quantitative estimate of drug-likeness (QED) is 0.493. The van der Waals surface area contributed by atoms with Crippen LogP contribution in [0.15, 0.2) is 72.9 Å². The lowest BCUT2D eigenvalue weighted by Crippen LogP contribution is -2.13. The van der Waals surface area contributed by atoms with Crippen LogP contribution in [0.2, 0.25) is 5.02 Å². The third kappa shape index (κ3) is 3.91. The zero-order valence-electron chi connectivity index (χ0n) is 16.1. The largest absolute Gasteiger partial charge is 0.322 e. The first kappa shape index (κ1) is 18.9. The Labute approximate surface area is 174 Å². The van der Waals surface area contributed by atoms with Crippen molar-refractivity contribution in [2.75, 3.05) is 5.32 Å². The van der Waals surface area contributed by atoms with Gasteiger partial charge in [-0.3, -0.25) is 4.79 Å². The monoisotopic (exact) mass is 402 g/mol. The number of aryl methyl sites for hydroxylation is 1. The molecule has 0 bridgehead atoms. The Morgan fingerprint density at radius 3 is 2.41 bits per heavy atom. The number of aromatic nitrogens is 3. The summed E-state index contributed by atoms with van der Waals surface area (Å²) in [6.07, 6.45) is 1.73. The molecular weight excluding hydrogens is 384 g/mol. The van der Waals surface area contributed by atoms with Gasteiger partial charge in [0.2, 0.25) is 0 Å². The molecule has 4 aromatic rings. The molecule has 144 valence electrons. The molecule has 0 saturated heterocycles. The third-order valence-corrected chi connectivity index (χ3v) is 5.20. The number of nitrogens with zero attached hydrogens (tertiary/aromatic N) is 3. The molecule has 0 saturated carbocycles. The van der Waals surface area contributed by atoms with E-state index in [1.807, 2.05) is 50.2 Å². The first-order valence-electron chi connectivity index (χ1n) is 9.17. The lowest BCUT2D eigenvalue weighted by atomic mass is 10.1. The predicted molar refractivity (Wildman–Crippen MR) is 116 cm³/mol. The summed E-state index contributed by atoms with van der Waals surface area (Å²) in [6, 6.07) is 20.9. The molecule has 5 nitrogen and oxygen atoms in total. The smallest absolute Gasteiger partial charge is 0.255 e. The van der Waals surface area contributed by atoms with Crippen LogP contribution < -0.4 is 5.32 Å². The summed E-state index contributed by atoms with van der Waals surface area (Å²) < 4.78 is 1.76. The van der Waals surface area contributed by atoms with Crippen molar-refractivity contribution in [3.05, 3.63) is 94.6 Å². The van der Waals surface area contributed by atoms with Crippen LogP contribution in [0.25, 0.3) is 16.9 Å². The summed E-state index contributed by atoms with van der Waals surface area (Å²) in [6.45, 7) is 3.92. The van der Waals surface area contributed by atoms with E-state index < -0.39 is 0 Å². The second-order valence-corrected chi connectivity index (χ2v) is 7.22. The first-order valence-corrected chi connectivity index (χ1v) is 9.55. The van der Waals surface area contributed by atoms with Crippen molar-refractivity contribution in [1.29, 1.82) is 0 Å². The van der Waals surface area contributed by atoms with E-state index in [9.17, 15) is 4.79 Å². The van der Waals surface area contributed by atoms with E-state index in [0.717, 1.165) is 22.5 Å². The minimum atomic E-state index is -0.195. The van der Waals surface area contributed by atoms with Gasteiger partial charge >= 0.3 is 0 Å². The Morgan fingerprint density at radius 1 is 0.966 bits per heavy atom. The van der Waals surface area contributed by atoms with Crippen LogP contribution in [0, 0.1) is 13.8 Å². The van der Waals surface area contributed by atoms with Gasteiger partial charge in [-0.05, 0) is 55.8 Å².